The lowest BCUT2D eigenvalue weighted by Crippen LogP contribution is -2.05. The zero-order valence-electron chi connectivity index (χ0n) is 13.6. The van der Waals surface area contributed by atoms with Crippen LogP contribution >= 0.6 is 0 Å². The molecule has 122 valence electrons. The minimum Gasteiger partial charge on any atom is -0.365 e. The lowest BCUT2D eigenvalue weighted by Gasteiger charge is -2.12. The molecule has 0 aliphatic heterocycles. The number of hydrogen-bond donors (Lipinski definition) is 2. The molecule has 4 aromatic rings. The van der Waals surface area contributed by atoms with Crippen LogP contribution in [0.25, 0.3) is 10.9 Å². The summed E-state index contributed by atoms with van der Waals surface area (Å²) < 4.78 is 0. The van der Waals surface area contributed by atoms with Crippen LogP contribution in [0.15, 0.2) is 79.1 Å². The third kappa shape index (κ3) is 3.55. The average molecular weight is 327 g/mol. The average Bonchev–Trinajstić information content (AvgIpc) is 2.68. The van der Waals surface area contributed by atoms with Gasteiger partial charge in [-0.2, -0.15) is 4.98 Å². The van der Waals surface area contributed by atoms with E-state index in [9.17, 15) is 0 Å². The van der Waals surface area contributed by atoms with Gasteiger partial charge >= 0.3 is 0 Å². The molecule has 2 heterocycles. The van der Waals surface area contributed by atoms with Gasteiger partial charge < -0.3 is 10.6 Å². The molecule has 0 radical (unpaired) electrons. The quantitative estimate of drug-likeness (QED) is 0.569. The largest absolute Gasteiger partial charge is 0.365 e. The van der Waals surface area contributed by atoms with E-state index in [2.05, 4.69) is 37.7 Å². The molecule has 0 fully saturated rings. The second-order valence-electron chi connectivity index (χ2n) is 5.61. The van der Waals surface area contributed by atoms with Gasteiger partial charge in [0.15, 0.2) is 0 Å². The highest BCUT2D eigenvalue weighted by Gasteiger charge is 2.07. The van der Waals surface area contributed by atoms with Gasteiger partial charge in [-0.05, 0) is 29.8 Å². The highest BCUT2D eigenvalue weighted by molar-refractivity contribution is 5.90. The van der Waals surface area contributed by atoms with Crippen molar-refractivity contribution in [2.75, 3.05) is 10.6 Å². The zero-order chi connectivity index (χ0) is 16.9. The van der Waals surface area contributed by atoms with Gasteiger partial charge in [-0.15, -0.1) is 0 Å². The molecule has 5 nitrogen and oxygen atoms in total. The first-order valence-corrected chi connectivity index (χ1v) is 8.10. The van der Waals surface area contributed by atoms with Gasteiger partial charge in [-0.25, -0.2) is 4.98 Å². The molecule has 4 rings (SSSR count). The molecule has 0 bridgehead atoms. The van der Waals surface area contributed by atoms with Crippen LogP contribution in [0.5, 0.6) is 0 Å². The van der Waals surface area contributed by atoms with Crippen molar-refractivity contribution >= 4 is 28.4 Å². The molecule has 2 N–H and O–H groups in total. The Morgan fingerprint density at radius 3 is 2.36 bits per heavy atom. The monoisotopic (exact) mass is 327 g/mol. The van der Waals surface area contributed by atoms with E-state index in [0.29, 0.717) is 12.5 Å². The summed E-state index contributed by atoms with van der Waals surface area (Å²) in [6, 6.07) is 22.0. The van der Waals surface area contributed by atoms with Crippen LogP contribution in [0.1, 0.15) is 5.56 Å². The van der Waals surface area contributed by atoms with Crippen molar-refractivity contribution in [2.45, 2.75) is 6.54 Å². The fraction of sp³-hybridized carbons (Fsp3) is 0.0500. The Balaban J connectivity index is 1.66. The van der Waals surface area contributed by atoms with Crippen molar-refractivity contribution in [3.8, 4) is 0 Å². The molecule has 0 saturated carbocycles. The van der Waals surface area contributed by atoms with Gasteiger partial charge in [-0.1, -0.05) is 42.5 Å². The van der Waals surface area contributed by atoms with Crippen LogP contribution in [0.3, 0.4) is 0 Å². The first-order chi connectivity index (χ1) is 12.4. The van der Waals surface area contributed by atoms with Crippen molar-refractivity contribution in [3.63, 3.8) is 0 Å². The molecule has 0 spiro atoms. The van der Waals surface area contributed by atoms with E-state index in [1.165, 1.54) is 5.56 Å². The normalized spacial score (nSPS) is 10.6. The molecule has 0 unspecified atom stereocenters. The number of aromatic nitrogens is 3. The maximum Gasteiger partial charge on any atom is 0.229 e. The Morgan fingerprint density at radius 1 is 0.760 bits per heavy atom. The number of para-hydroxylation sites is 1. The summed E-state index contributed by atoms with van der Waals surface area (Å²) >= 11 is 0. The number of fused-ring (bicyclic) bond motifs is 1. The van der Waals surface area contributed by atoms with Crippen LogP contribution in [0.4, 0.5) is 17.5 Å². The smallest absolute Gasteiger partial charge is 0.229 e. The van der Waals surface area contributed by atoms with E-state index < -0.39 is 0 Å². The molecule has 5 heteroatoms. The molecular formula is C20H17N5. The number of nitrogens with one attached hydrogen (secondary N) is 2. The van der Waals surface area contributed by atoms with Gasteiger partial charge in [0.05, 0.1) is 5.52 Å². The second-order valence-corrected chi connectivity index (χ2v) is 5.61. The molecule has 2 aromatic heterocycles. The van der Waals surface area contributed by atoms with Crippen molar-refractivity contribution < 1.29 is 0 Å². The Hall–Kier alpha value is -3.47. The number of anilines is 3. The number of benzene rings is 2. The molecule has 0 aliphatic rings. The lowest BCUT2D eigenvalue weighted by molar-refractivity contribution is 1.10. The van der Waals surface area contributed by atoms with Crippen molar-refractivity contribution in [1.82, 2.24) is 15.0 Å². The van der Waals surface area contributed by atoms with Crippen molar-refractivity contribution in [3.05, 3.63) is 84.7 Å². The standard InChI is InChI=1S/C20H17N5/c1-2-6-15(7-3-1)14-22-19-17-8-4-5-9-18(17)24-20(25-19)23-16-10-12-21-13-11-16/h1-13H,14H2,(H2,21,22,23,24,25). The van der Waals surface area contributed by atoms with E-state index >= 15 is 0 Å². The number of nitrogens with zero attached hydrogens (tertiary/aromatic N) is 3. The van der Waals surface area contributed by atoms with Gasteiger partial charge in [0.25, 0.3) is 0 Å². The highest BCUT2D eigenvalue weighted by atomic mass is 15.1. The predicted octanol–water partition coefficient (Wildman–Crippen LogP) is 4.38. The number of hydrogen-bond acceptors (Lipinski definition) is 5. The van der Waals surface area contributed by atoms with Crippen molar-refractivity contribution in [1.29, 1.82) is 0 Å². The summed E-state index contributed by atoms with van der Waals surface area (Å²) in [5.41, 5.74) is 3.00. The van der Waals surface area contributed by atoms with Crippen LogP contribution in [-0.2, 0) is 6.54 Å². The Morgan fingerprint density at radius 2 is 1.52 bits per heavy atom. The fourth-order valence-corrected chi connectivity index (χ4v) is 2.61. The van der Waals surface area contributed by atoms with Gasteiger partial charge in [0, 0.05) is 30.0 Å². The van der Waals surface area contributed by atoms with Gasteiger partial charge in [0.1, 0.15) is 5.82 Å². The third-order valence-electron chi connectivity index (χ3n) is 3.84. The first kappa shape index (κ1) is 15.1. The van der Waals surface area contributed by atoms with Crippen molar-refractivity contribution in [2.24, 2.45) is 0 Å². The van der Waals surface area contributed by atoms with E-state index in [-0.39, 0.29) is 0 Å². The predicted molar refractivity (Wildman–Crippen MR) is 101 cm³/mol. The lowest BCUT2D eigenvalue weighted by atomic mass is 10.2. The molecular weight excluding hydrogens is 310 g/mol. The molecule has 0 saturated heterocycles. The summed E-state index contributed by atoms with van der Waals surface area (Å²) in [5.74, 6) is 1.37. The first-order valence-electron chi connectivity index (χ1n) is 8.10. The van der Waals surface area contributed by atoms with Crippen LogP contribution < -0.4 is 10.6 Å². The van der Waals surface area contributed by atoms with Crippen LogP contribution in [0.2, 0.25) is 0 Å². The molecule has 0 atom stereocenters. The summed E-state index contributed by atoms with van der Waals surface area (Å²) in [6.45, 7) is 0.705. The molecule has 0 aliphatic carbocycles. The minimum atomic E-state index is 0.556. The van der Waals surface area contributed by atoms with E-state index in [1.807, 2.05) is 54.6 Å². The second kappa shape index (κ2) is 6.97. The van der Waals surface area contributed by atoms with Gasteiger partial charge in [0.2, 0.25) is 5.95 Å². The van der Waals surface area contributed by atoms with E-state index in [1.54, 1.807) is 12.4 Å². The molecule has 0 amide bonds. The number of pyridine rings is 1. The highest BCUT2D eigenvalue weighted by Crippen LogP contribution is 2.23. The summed E-state index contributed by atoms with van der Waals surface area (Å²) in [7, 11) is 0. The molecule has 2 aromatic carbocycles. The summed E-state index contributed by atoms with van der Waals surface area (Å²) in [5, 5.41) is 7.66. The SMILES string of the molecule is c1ccc(CNc2nc(Nc3ccncc3)nc3ccccc23)cc1. The number of rotatable bonds is 5. The minimum absolute atomic E-state index is 0.556. The fourth-order valence-electron chi connectivity index (χ4n) is 2.61. The Kier molecular flexibility index (Phi) is 4.20. The maximum absolute atomic E-state index is 4.66. The topological polar surface area (TPSA) is 62.7 Å². The molecule has 25 heavy (non-hydrogen) atoms. The summed E-state index contributed by atoms with van der Waals surface area (Å²) in [4.78, 5) is 13.3. The summed E-state index contributed by atoms with van der Waals surface area (Å²) in [6.07, 6.45) is 3.47. The third-order valence-corrected chi connectivity index (χ3v) is 3.84. The Bertz CT molecular complexity index is 971. The maximum atomic E-state index is 4.66. The Labute approximate surface area is 145 Å². The van der Waals surface area contributed by atoms with Crippen LogP contribution in [0, 0.1) is 0 Å². The van der Waals surface area contributed by atoms with Crippen LogP contribution in [-0.4, -0.2) is 15.0 Å². The zero-order valence-corrected chi connectivity index (χ0v) is 13.6. The van der Waals surface area contributed by atoms with E-state index in [4.69, 9.17) is 0 Å². The van der Waals surface area contributed by atoms with Gasteiger partial charge in [-0.3, -0.25) is 4.98 Å². The van der Waals surface area contributed by atoms with E-state index in [0.717, 1.165) is 22.4 Å².